The number of unbranched alkanes of at least 4 members (excludes halogenated alkanes) is 2. The van der Waals surface area contributed by atoms with Crippen molar-refractivity contribution in [1.29, 1.82) is 0 Å². The van der Waals surface area contributed by atoms with E-state index in [0.717, 1.165) is 18.9 Å². The monoisotopic (exact) mass is 243 g/mol. The lowest BCUT2D eigenvalue weighted by Crippen LogP contribution is -2.32. The van der Waals surface area contributed by atoms with Gasteiger partial charge in [0.2, 0.25) is 0 Å². The van der Waals surface area contributed by atoms with Gasteiger partial charge in [-0.2, -0.15) is 0 Å². The molecule has 0 saturated carbocycles. The molecule has 5 heteroatoms. The molecule has 1 amide bonds. The zero-order valence-electron chi connectivity index (χ0n) is 10.7. The fraction of sp³-hybridized carbons (Fsp3) is 0.667. The Kier molecular flexibility index (Phi) is 7.02. The van der Waals surface area contributed by atoms with Crippen LogP contribution in [0.4, 0.5) is 4.79 Å². The Hall–Kier alpha value is -1.52. The summed E-state index contributed by atoms with van der Waals surface area (Å²) in [6.45, 7) is 5.96. The number of hydrogen-bond acceptors (Lipinski definition) is 3. The van der Waals surface area contributed by atoms with Gasteiger partial charge in [0.15, 0.2) is 0 Å². The van der Waals surface area contributed by atoms with Crippen molar-refractivity contribution in [2.75, 3.05) is 6.54 Å². The van der Waals surface area contributed by atoms with Gasteiger partial charge in [0.05, 0.1) is 0 Å². The van der Waals surface area contributed by atoms with Crippen LogP contribution in [0.2, 0.25) is 0 Å². The zero-order chi connectivity index (χ0) is 13.3. The lowest BCUT2D eigenvalue weighted by atomic mass is 10.2. The number of amides is 1. The van der Waals surface area contributed by atoms with Crippen LogP contribution in [0, 0.1) is 0 Å². The van der Waals surface area contributed by atoms with Crippen LogP contribution >= 0.6 is 0 Å². The van der Waals surface area contributed by atoms with E-state index in [1.54, 1.807) is 6.08 Å². The summed E-state index contributed by atoms with van der Waals surface area (Å²) < 4.78 is 5.06. The Morgan fingerprint density at radius 3 is 2.47 bits per heavy atom. The molecule has 0 aromatic carbocycles. The molecule has 17 heavy (non-hydrogen) atoms. The molecule has 98 valence electrons. The third-order valence-electron chi connectivity index (χ3n) is 1.73. The zero-order valence-corrected chi connectivity index (χ0v) is 10.7. The molecule has 0 atom stereocenters. The van der Waals surface area contributed by atoms with Gasteiger partial charge in [0.25, 0.3) is 0 Å². The molecule has 5 nitrogen and oxygen atoms in total. The maximum Gasteiger partial charge on any atom is 0.407 e. The quantitative estimate of drug-likeness (QED) is 0.554. The maximum atomic E-state index is 11.2. The third kappa shape index (κ3) is 12.4. The van der Waals surface area contributed by atoms with E-state index in [2.05, 4.69) is 5.32 Å². The first-order chi connectivity index (χ1) is 7.81. The first kappa shape index (κ1) is 15.5. The van der Waals surface area contributed by atoms with Gasteiger partial charge in [0.1, 0.15) is 5.60 Å². The number of carbonyl (C=O) groups is 2. The minimum Gasteiger partial charge on any atom is -0.478 e. The predicted molar refractivity (Wildman–Crippen MR) is 64.9 cm³/mol. The minimum atomic E-state index is -0.933. The fourth-order valence-electron chi connectivity index (χ4n) is 1.08. The Morgan fingerprint density at radius 1 is 1.29 bits per heavy atom. The second-order valence-corrected chi connectivity index (χ2v) is 4.67. The van der Waals surface area contributed by atoms with Crippen LogP contribution in [0.1, 0.15) is 40.0 Å². The van der Waals surface area contributed by atoms with Crippen molar-refractivity contribution in [3.63, 3.8) is 0 Å². The van der Waals surface area contributed by atoms with Gasteiger partial charge < -0.3 is 15.2 Å². The lowest BCUT2D eigenvalue weighted by Gasteiger charge is -2.19. The number of hydrogen-bond donors (Lipinski definition) is 2. The molecular weight excluding hydrogens is 222 g/mol. The number of rotatable bonds is 6. The van der Waals surface area contributed by atoms with E-state index in [1.165, 1.54) is 0 Å². The van der Waals surface area contributed by atoms with Gasteiger partial charge in [-0.1, -0.05) is 6.08 Å². The molecule has 0 unspecified atom stereocenters. The van der Waals surface area contributed by atoms with Gasteiger partial charge in [-0.3, -0.25) is 0 Å². The number of ether oxygens (including phenoxy) is 1. The first-order valence-corrected chi connectivity index (χ1v) is 5.67. The number of carboxylic acid groups (broad SMARTS) is 1. The molecular formula is C12H21NO4. The molecule has 0 aromatic heterocycles. The molecule has 0 radical (unpaired) electrons. The van der Waals surface area contributed by atoms with E-state index >= 15 is 0 Å². The molecule has 0 spiro atoms. The molecule has 0 bridgehead atoms. The second-order valence-electron chi connectivity index (χ2n) is 4.67. The molecule has 0 aliphatic rings. The molecule has 0 heterocycles. The van der Waals surface area contributed by atoms with Gasteiger partial charge in [-0.25, -0.2) is 9.59 Å². The topological polar surface area (TPSA) is 75.6 Å². The summed E-state index contributed by atoms with van der Waals surface area (Å²) in [7, 11) is 0. The SMILES string of the molecule is CC(C)(C)OC(=O)NCCCCC=CC(=O)O. The highest BCUT2D eigenvalue weighted by Gasteiger charge is 2.15. The molecule has 0 saturated heterocycles. The number of aliphatic carboxylic acids is 1. The van der Waals surface area contributed by atoms with Crippen molar-refractivity contribution < 1.29 is 19.4 Å². The van der Waals surface area contributed by atoms with Gasteiger partial charge in [0, 0.05) is 12.6 Å². The largest absolute Gasteiger partial charge is 0.478 e. The van der Waals surface area contributed by atoms with Crippen LogP contribution in [-0.4, -0.2) is 29.3 Å². The summed E-state index contributed by atoms with van der Waals surface area (Å²) in [6.07, 6.45) is 4.64. The van der Waals surface area contributed by atoms with E-state index in [4.69, 9.17) is 9.84 Å². The first-order valence-electron chi connectivity index (χ1n) is 5.67. The van der Waals surface area contributed by atoms with Gasteiger partial charge >= 0.3 is 12.1 Å². The lowest BCUT2D eigenvalue weighted by molar-refractivity contribution is -0.131. The van der Waals surface area contributed by atoms with Gasteiger partial charge in [-0.15, -0.1) is 0 Å². The van der Waals surface area contributed by atoms with Crippen LogP contribution in [-0.2, 0) is 9.53 Å². The summed E-state index contributed by atoms with van der Waals surface area (Å²) in [4.78, 5) is 21.4. The Bertz CT molecular complexity index is 279. The van der Waals surface area contributed by atoms with E-state index in [1.807, 2.05) is 20.8 Å². The number of carboxylic acids is 1. The number of alkyl carbamates (subject to hydrolysis) is 1. The normalized spacial score (nSPS) is 11.5. The summed E-state index contributed by atoms with van der Waals surface area (Å²) >= 11 is 0. The smallest absolute Gasteiger partial charge is 0.407 e. The number of nitrogens with one attached hydrogen (secondary N) is 1. The van der Waals surface area contributed by atoms with Crippen molar-refractivity contribution in [2.45, 2.75) is 45.6 Å². The molecule has 2 N–H and O–H groups in total. The van der Waals surface area contributed by atoms with Gasteiger partial charge in [-0.05, 0) is 40.0 Å². The van der Waals surface area contributed by atoms with Crippen molar-refractivity contribution in [2.24, 2.45) is 0 Å². The summed E-state index contributed by atoms with van der Waals surface area (Å²) in [6, 6.07) is 0. The molecule has 0 fully saturated rings. The van der Waals surface area contributed by atoms with E-state index in [9.17, 15) is 9.59 Å². The van der Waals surface area contributed by atoms with Crippen molar-refractivity contribution in [3.05, 3.63) is 12.2 Å². The minimum absolute atomic E-state index is 0.418. The average molecular weight is 243 g/mol. The summed E-state index contributed by atoms with van der Waals surface area (Å²) in [5.41, 5.74) is -0.478. The van der Waals surface area contributed by atoms with Crippen LogP contribution in [0.3, 0.4) is 0 Å². The number of allylic oxidation sites excluding steroid dienone is 1. The average Bonchev–Trinajstić information content (AvgIpc) is 2.12. The van der Waals surface area contributed by atoms with E-state index < -0.39 is 17.7 Å². The Morgan fingerprint density at radius 2 is 1.94 bits per heavy atom. The van der Waals surface area contributed by atoms with E-state index in [0.29, 0.717) is 13.0 Å². The van der Waals surface area contributed by atoms with Crippen LogP contribution in [0.15, 0.2) is 12.2 Å². The number of carbonyl (C=O) groups excluding carboxylic acids is 1. The fourth-order valence-corrected chi connectivity index (χ4v) is 1.08. The van der Waals surface area contributed by atoms with Crippen molar-refractivity contribution >= 4 is 12.1 Å². The molecule has 0 aromatic rings. The predicted octanol–water partition coefficient (Wildman–Crippen LogP) is 2.32. The Balaban J connectivity index is 3.46. The summed E-state index contributed by atoms with van der Waals surface area (Å²) in [5.74, 6) is -0.933. The highest BCUT2D eigenvalue weighted by Crippen LogP contribution is 2.06. The third-order valence-corrected chi connectivity index (χ3v) is 1.73. The highest BCUT2D eigenvalue weighted by molar-refractivity contribution is 5.79. The van der Waals surface area contributed by atoms with Crippen LogP contribution in [0.5, 0.6) is 0 Å². The maximum absolute atomic E-state index is 11.2. The van der Waals surface area contributed by atoms with Crippen molar-refractivity contribution in [3.8, 4) is 0 Å². The van der Waals surface area contributed by atoms with Crippen LogP contribution < -0.4 is 5.32 Å². The molecule has 0 aliphatic carbocycles. The Labute approximate surface area is 102 Å². The van der Waals surface area contributed by atoms with Crippen LogP contribution in [0.25, 0.3) is 0 Å². The van der Waals surface area contributed by atoms with E-state index in [-0.39, 0.29) is 0 Å². The summed E-state index contributed by atoms with van der Waals surface area (Å²) in [5, 5.41) is 11.0. The standard InChI is InChI=1S/C12H21NO4/c1-12(2,3)17-11(16)13-9-7-5-4-6-8-10(14)15/h6,8H,4-5,7,9H2,1-3H3,(H,13,16)(H,14,15). The van der Waals surface area contributed by atoms with Crippen molar-refractivity contribution in [1.82, 2.24) is 5.32 Å². The molecule has 0 aliphatic heterocycles. The second kappa shape index (κ2) is 7.70. The molecule has 0 rings (SSSR count). The highest BCUT2D eigenvalue weighted by atomic mass is 16.6.